The van der Waals surface area contributed by atoms with E-state index in [0.29, 0.717) is 21.2 Å². The van der Waals surface area contributed by atoms with Gasteiger partial charge in [-0.3, -0.25) is 9.59 Å². The molecule has 202 valence electrons. The molecule has 6 heteroatoms. The minimum Gasteiger partial charge on any atom is -0.294 e. The summed E-state index contributed by atoms with van der Waals surface area (Å²) < 4.78 is 1.16. The van der Waals surface area contributed by atoms with Crippen LogP contribution in [-0.2, 0) is 0 Å². The quantitative estimate of drug-likeness (QED) is 0.165. The zero-order chi connectivity index (χ0) is 28.5. The van der Waals surface area contributed by atoms with Gasteiger partial charge in [0.15, 0.2) is 11.6 Å². The van der Waals surface area contributed by atoms with Crippen LogP contribution < -0.4 is 0 Å². The van der Waals surface area contributed by atoms with Gasteiger partial charge in [-0.05, 0) is 85.3 Å². The summed E-state index contributed by atoms with van der Waals surface area (Å²) in [6.45, 7) is 2.05. The molecule has 0 radical (unpaired) electrons. The van der Waals surface area contributed by atoms with Gasteiger partial charge in [0.25, 0.3) is 0 Å². The number of ketones is 2. The zero-order valence-corrected chi connectivity index (χ0v) is 24.6. The number of rotatable bonds is 8. The van der Waals surface area contributed by atoms with Crippen LogP contribution in [0.4, 0.5) is 0 Å². The average molecular weight is 595 g/mol. The van der Waals surface area contributed by atoms with E-state index in [9.17, 15) is 9.59 Å². The van der Waals surface area contributed by atoms with Crippen molar-refractivity contribution in [2.45, 2.75) is 25.7 Å². The van der Waals surface area contributed by atoms with E-state index in [0.717, 1.165) is 43.4 Å². The van der Waals surface area contributed by atoms with Crippen LogP contribution in [0, 0.1) is 6.92 Å². The smallest absolute Gasteiger partial charge is 0.163 e. The van der Waals surface area contributed by atoms with Crippen LogP contribution in [0.5, 0.6) is 0 Å². The molecule has 0 amide bonds. The monoisotopic (exact) mass is 593 g/mol. The largest absolute Gasteiger partial charge is 0.294 e. The molecule has 0 N–H and O–H groups in total. The van der Waals surface area contributed by atoms with E-state index in [2.05, 4.69) is 35.7 Å². The molecule has 0 saturated heterocycles. The number of thiophene rings is 1. The summed E-state index contributed by atoms with van der Waals surface area (Å²) in [6, 6.07) is 30.3. The Morgan fingerprint density at radius 1 is 0.780 bits per heavy atom. The fourth-order valence-electron chi connectivity index (χ4n) is 5.25. The molecule has 0 atom stereocenters. The number of carbonyl (C=O) groups is 2. The number of hydrogen-bond donors (Lipinski definition) is 0. The molecule has 4 aromatic carbocycles. The lowest BCUT2D eigenvalue weighted by Gasteiger charge is -2.21. The average Bonchev–Trinajstić information content (AvgIpc) is 3.41. The zero-order valence-electron chi connectivity index (χ0n) is 22.2. The van der Waals surface area contributed by atoms with Crippen molar-refractivity contribution >= 4 is 67.1 Å². The van der Waals surface area contributed by atoms with E-state index in [-0.39, 0.29) is 24.4 Å². The molecule has 0 unspecified atom stereocenters. The van der Waals surface area contributed by atoms with Gasteiger partial charge in [0.05, 0.1) is 11.2 Å². The Hall–Kier alpha value is -3.83. The SMILES string of the molecule is Cc1ccc2nc(-c3csc4ccccc34)c(C(CC(=O)c3ccc(Cl)cc3)CC(=O)c3ccc(Cl)cc3)cc2c1. The molecule has 0 bridgehead atoms. The maximum atomic E-state index is 13.6. The highest BCUT2D eigenvalue weighted by Gasteiger charge is 2.26. The van der Waals surface area contributed by atoms with Crippen LogP contribution in [0.25, 0.3) is 32.2 Å². The van der Waals surface area contributed by atoms with Crippen LogP contribution in [0.3, 0.4) is 0 Å². The van der Waals surface area contributed by atoms with E-state index in [1.165, 1.54) is 0 Å². The molecule has 0 fully saturated rings. The number of Topliss-reactive ketones (excluding diaryl/α,β-unsaturated/α-hetero) is 2. The third-order valence-electron chi connectivity index (χ3n) is 7.37. The van der Waals surface area contributed by atoms with Gasteiger partial charge in [-0.1, -0.05) is 53.0 Å². The van der Waals surface area contributed by atoms with Crippen LogP contribution in [0.15, 0.2) is 102 Å². The Morgan fingerprint density at radius 3 is 2.02 bits per heavy atom. The van der Waals surface area contributed by atoms with Crippen molar-refractivity contribution in [3.05, 3.63) is 135 Å². The maximum Gasteiger partial charge on any atom is 0.163 e. The Morgan fingerprint density at radius 2 is 1.39 bits per heavy atom. The summed E-state index contributed by atoms with van der Waals surface area (Å²) in [6.07, 6.45) is 0.296. The summed E-state index contributed by atoms with van der Waals surface area (Å²) in [5.41, 5.74) is 5.80. The second-order valence-corrected chi connectivity index (χ2v) is 12.0. The molecule has 0 aliphatic heterocycles. The number of aryl methyl sites for hydroxylation is 1. The van der Waals surface area contributed by atoms with Gasteiger partial charge < -0.3 is 0 Å². The van der Waals surface area contributed by atoms with Crippen molar-refractivity contribution in [3.63, 3.8) is 0 Å². The highest BCUT2D eigenvalue weighted by atomic mass is 35.5. The lowest BCUT2D eigenvalue weighted by Crippen LogP contribution is -2.14. The highest BCUT2D eigenvalue weighted by molar-refractivity contribution is 7.17. The molecular formula is C35H25Cl2NO2S. The van der Waals surface area contributed by atoms with Crippen molar-refractivity contribution in [1.82, 2.24) is 4.98 Å². The first-order valence-electron chi connectivity index (χ1n) is 13.3. The minimum atomic E-state index is -0.410. The van der Waals surface area contributed by atoms with E-state index in [4.69, 9.17) is 28.2 Å². The number of carbonyl (C=O) groups excluding carboxylic acids is 2. The van der Waals surface area contributed by atoms with Crippen molar-refractivity contribution < 1.29 is 9.59 Å². The number of hydrogen-bond acceptors (Lipinski definition) is 4. The van der Waals surface area contributed by atoms with Crippen LogP contribution in [0.1, 0.15) is 50.6 Å². The molecule has 0 saturated carbocycles. The van der Waals surface area contributed by atoms with E-state index >= 15 is 0 Å². The Labute approximate surface area is 252 Å². The Balaban J connectivity index is 1.51. The van der Waals surface area contributed by atoms with Gasteiger partial charge in [-0.25, -0.2) is 4.98 Å². The fourth-order valence-corrected chi connectivity index (χ4v) is 6.44. The molecule has 6 aromatic rings. The van der Waals surface area contributed by atoms with Crippen LogP contribution in [-0.4, -0.2) is 16.6 Å². The Bertz CT molecular complexity index is 1850. The van der Waals surface area contributed by atoms with Gasteiger partial charge in [-0.15, -0.1) is 11.3 Å². The number of aromatic nitrogens is 1. The lowest BCUT2D eigenvalue weighted by atomic mass is 9.83. The van der Waals surface area contributed by atoms with Crippen molar-refractivity contribution in [2.24, 2.45) is 0 Å². The molecule has 6 rings (SSSR count). The summed E-state index contributed by atoms with van der Waals surface area (Å²) in [5, 5.41) is 5.33. The first-order chi connectivity index (χ1) is 19.9. The van der Waals surface area contributed by atoms with Gasteiger partial charge in [0, 0.05) is 66.3 Å². The fraction of sp³-hybridized carbons (Fsp3) is 0.114. The second-order valence-electron chi connectivity index (χ2n) is 10.2. The molecule has 0 aliphatic rings. The third-order valence-corrected chi connectivity index (χ3v) is 8.84. The number of benzene rings is 4. The lowest BCUT2D eigenvalue weighted by molar-refractivity contribution is 0.0944. The normalized spacial score (nSPS) is 11.4. The van der Waals surface area contributed by atoms with E-state index in [1.807, 2.05) is 25.1 Å². The predicted molar refractivity (Wildman–Crippen MR) is 171 cm³/mol. The first kappa shape index (κ1) is 27.3. The van der Waals surface area contributed by atoms with Crippen molar-refractivity contribution in [3.8, 4) is 11.3 Å². The summed E-state index contributed by atoms with van der Waals surface area (Å²) in [7, 11) is 0. The van der Waals surface area contributed by atoms with Crippen molar-refractivity contribution in [2.75, 3.05) is 0 Å². The Kier molecular flexibility index (Phi) is 7.72. The van der Waals surface area contributed by atoms with E-state index in [1.54, 1.807) is 59.9 Å². The topological polar surface area (TPSA) is 47.0 Å². The van der Waals surface area contributed by atoms with Gasteiger partial charge >= 0.3 is 0 Å². The number of pyridine rings is 1. The molecule has 3 nitrogen and oxygen atoms in total. The highest BCUT2D eigenvalue weighted by Crippen LogP contribution is 2.41. The summed E-state index contributed by atoms with van der Waals surface area (Å²) >= 11 is 13.8. The molecule has 2 heterocycles. The van der Waals surface area contributed by atoms with Crippen LogP contribution in [0.2, 0.25) is 10.0 Å². The standard InChI is InChI=1S/C35H25Cl2NO2S/c1-21-6-15-31-25(16-21)17-29(35(38-31)30-20-41-34-5-3-2-4-28(30)34)24(18-32(39)22-7-11-26(36)12-8-22)19-33(40)23-9-13-27(37)14-10-23/h2-17,20,24H,18-19H2,1H3. The van der Waals surface area contributed by atoms with Gasteiger partial charge in [0.2, 0.25) is 0 Å². The third kappa shape index (κ3) is 5.82. The number of fused-ring (bicyclic) bond motifs is 2. The summed E-state index contributed by atoms with van der Waals surface area (Å²) in [4.78, 5) is 32.4. The van der Waals surface area contributed by atoms with Crippen molar-refractivity contribution in [1.29, 1.82) is 0 Å². The maximum absolute atomic E-state index is 13.6. The molecule has 0 aliphatic carbocycles. The second kappa shape index (κ2) is 11.6. The number of halogens is 2. The molecule has 0 spiro atoms. The molecule has 41 heavy (non-hydrogen) atoms. The number of nitrogens with zero attached hydrogens (tertiary/aromatic N) is 1. The first-order valence-corrected chi connectivity index (χ1v) is 14.9. The van der Waals surface area contributed by atoms with Gasteiger partial charge in [0.1, 0.15) is 0 Å². The van der Waals surface area contributed by atoms with E-state index < -0.39 is 5.92 Å². The molecule has 2 aromatic heterocycles. The van der Waals surface area contributed by atoms with Crippen LogP contribution >= 0.6 is 34.5 Å². The molecular weight excluding hydrogens is 569 g/mol. The summed E-state index contributed by atoms with van der Waals surface area (Å²) in [5.74, 6) is -0.519. The van der Waals surface area contributed by atoms with Gasteiger partial charge in [-0.2, -0.15) is 0 Å². The minimum absolute atomic E-state index is 0.0546. The predicted octanol–water partition coefficient (Wildman–Crippen LogP) is 10.4.